The van der Waals surface area contributed by atoms with Crippen LogP contribution in [-0.4, -0.2) is 4.98 Å². The number of nitrogens with two attached hydrogens (primary N) is 2. The number of anilines is 1. The van der Waals surface area contributed by atoms with Gasteiger partial charge in [-0.05, 0) is 6.07 Å². The van der Waals surface area contributed by atoms with Crippen LogP contribution in [0.4, 0.5) is 5.13 Å². The topological polar surface area (TPSA) is 64.9 Å². The average Bonchev–Trinajstić information content (AvgIpc) is 2.71. The van der Waals surface area contributed by atoms with Crippen LogP contribution in [0.5, 0.6) is 0 Å². The first kappa shape index (κ1) is 8.68. The van der Waals surface area contributed by atoms with E-state index >= 15 is 0 Å². The lowest BCUT2D eigenvalue weighted by atomic mass is 10.2. The quantitative estimate of drug-likeness (QED) is 0.797. The molecule has 0 saturated heterocycles. The minimum atomic E-state index is 0.588. The summed E-state index contributed by atoms with van der Waals surface area (Å²) in [7, 11) is 0. The molecule has 0 amide bonds. The van der Waals surface area contributed by atoms with Gasteiger partial charge in [-0.2, -0.15) is 0 Å². The second kappa shape index (κ2) is 3.45. The third-order valence-corrected chi connectivity index (χ3v) is 3.31. The zero-order valence-electron chi connectivity index (χ0n) is 6.86. The van der Waals surface area contributed by atoms with E-state index < -0.39 is 0 Å². The van der Waals surface area contributed by atoms with Gasteiger partial charge in [0.05, 0.1) is 5.69 Å². The molecule has 0 atom stereocenters. The zero-order valence-corrected chi connectivity index (χ0v) is 8.49. The van der Waals surface area contributed by atoms with Gasteiger partial charge >= 0.3 is 0 Å². The molecule has 2 aromatic heterocycles. The summed E-state index contributed by atoms with van der Waals surface area (Å²) in [5.41, 5.74) is 13.1. The Kier molecular flexibility index (Phi) is 2.30. The van der Waals surface area contributed by atoms with E-state index in [-0.39, 0.29) is 0 Å². The van der Waals surface area contributed by atoms with Gasteiger partial charge in [-0.3, -0.25) is 0 Å². The van der Waals surface area contributed by atoms with Crippen LogP contribution < -0.4 is 11.5 Å². The maximum Gasteiger partial charge on any atom is 0.180 e. The summed E-state index contributed by atoms with van der Waals surface area (Å²) in [4.78, 5) is 5.36. The number of aromatic nitrogens is 1. The Labute approximate surface area is 84.0 Å². The van der Waals surface area contributed by atoms with Crippen molar-refractivity contribution in [2.45, 2.75) is 6.54 Å². The van der Waals surface area contributed by atoms with Crippen LogP contribution in [0.25, 0.3) is 11.3 Å². The smallest absolute Gasteiger partial charge is 0.180 e. The van der Waals surface area contributed by atoms with Gasteiger partial charge in [0, 0.05) is 27.7 Å². The van der Waals surface area contributed by atoms with Crippen LogP contribution in [0.1, 0.15) is 4.88 Å². The predicted octanol–water partition coefficient (Wildman–Crippen LogP) is 1.91. The molecule has 0 unspecified atom stereocenters. The number of nitrogens with zero attached hydrogens (tertiary/aromatic N) is 1. The number of hydrogen-bond acceptors (Lipinski definition) is 5. The van der Waals surface area contributed by atoms with E-state index in [1.165, 1.54) is 16.2 Å². The minimum Gasteiger partial charge on any atom is -0.375 e. The van der Waals surface area contributed by atoms with E-state index in [0.29, 0.717) is 11.7 Å². The van der Waals surface area contributed by atoms with Crippen molar-refractivity contribution >= 4 is 27.8 Å². The van der Waals surface area contributed by atoms with Gasteiger partial charge < -0.3 is 11.5 Å². The summed E-state index contributed by atoms with van der Waals surface area (Å²) < 4.78 is 0. The van der Waals surface area contributed by atoms with Crippen molar-refractivity contribution in [2.75, 3.05) is 5.73 Å². The van der Waals surface area contributed by atoms with Gasteiger partial charge in [-0.1, -0.05) is 0 Å². The molecule has 68 valence electrons. The van der Waals surface area contributed by atoms with Crippen molar-refractivity contribution in [1.29, 1.82) is 0 Å². The Morgan fingerprint density at radius 3 is 2.69 bits per heavy atom. The van der Waals surface area contributed by atoms with Crippen LogP contribution in [0, 0.1) is 0 Å². The summed E-state index contributed by atoms with van der Waals surface area (Å²) in [5, 5.41) is 4.62. The average molecular weight is 211 g/mol. The largest absolute Gasteiger partial charge is 0.375 e. The van der Waals surface area contributed by atoms with Gasteiger partial charge in [0.1, 0.15) is 0 Å². The van der Waals surface area contributed by atoms with Crippen LogP contribution in [0.15, 0.2) is 16.8 Å². The molecule has 0 saturated carbocycles. The van der Waals surface area contributed by atoms with Crippen molar-refractivity contribution in [3.05, 3.63) is 21.7 Å². The summed E-state index contributed by atoms with van der Waals surface area (Å²) in [6.07, 6.45) is 0. The van der Waals surface area contributed by atoms with Gasteiger partial charge in [0.15, 0.2) is 5.13 Å². The van der Waals surface area contributed by atoms with E-state index in [2.05, 4.69) is 16.4 Å². The van der Waals surface area contributed by atoms with Crippen LogP contribution in [-0.2, 0) is 6.54 Å². The molecule has 4 N–H and O–H groups in total. The molecular formula is C8H9N3S2. The molecule has 13 heavy (non-hydrogen) atoms. The molecule has 0 aliphatic carbocycles. The second-order valence-corrected chi connectivity index (χ2v) is 4.46. The highest BCUT2D eigenvalue weighted by Gasteiger charge is 2.04. The number of hydrogen-bond donors (Lipinski definition) is 2. The highest BCUT2D eigenvalue weighted by molar-refractivity contribution is 7.14. The molecule has 5 heteroatoms. The Hall–Kier alpha value is -0.910. The first-order chi connectivity index (χ1) is 6.29. The van der Waals surface area contributed by atoms with Crippen LogP contribution in [0.3, 0.4) is 0 Å². The molecule has 0 bridgehead atoms. The van der Waals surface area contributed by atoms with E-state index in [1.54, 1.807) is 11.3 Å². The Morgan fingerprint density at radius 2 is 2.15 bits per heavy atom. The molecule has 2 heterocycles. The maximum absolute atomic E-state index is 5.54. The summed E-state index contributed by atoms with van der Waals surface area (Å²) in [6, 6.07) is 2.05. The third kappa shape index (κ3) is 1.72. The fourth-order valence-electron chi connectivity index (χ4n) is 1.04. The van der Waals surface area contributed by atoms with Gasteiger partial charge in [0.25, 0.3) is 0 Å². The van der Waals surface area contributed by atoms with Crippen molar-refractivity contribution < 1.29 is 0 Å². The maximum atomic E-state index is 5.54. The monoisotopic (exact) mass is 211 g/mol. The predicted molar refractivity (Wildman–Crippen MR) is 57.7 cm³/mol. The lowest BCUT2D eigenvalue weighted by Crippen LogP contribution is -1.91. The molecule has 3 nitrogen and oxygen atoms in total. The Balaban J connectivity index is 2.35. The Bertz CT molecular complexity index is 405. The number of nitrogen functional groups attached to an aromatic ring is 1. The molecule has 0 fully saturated rings. The first-order valence-corrected chi connectivity index (χ1v) is 5.54. The molecule has 0 radical (unpaired) electrons. The zero-order chi connectivity index (χ0) is 9.26. The lowest BCUT2D eigenvalue weighted by Gasteiger charge is -1.87. The molecule has 0 aliphatic heterocycles. The molecule has 2 rings (SSSR count). The molecule has 0 spiro atoms. The number of thiazole rings is 1. The first-order valence-electron chi connectivity index (χ1n) is 3.78. The molecule has 0 aromatic carbocycles. The normalized spacial score (nSPS) is 10.5. The standard InChI is InChI=1S/C8H9N3S2/c9-2-6-1-5(3-12-6)7-4-13-8(10)11-7/h1,3-4H,2,9H2,(H2,10,11). The highest BCUT2D eigenvalue weighted by atomic mass is 32.1. The van der Waals surface area contributed by atoms with E-state index in [9.17, 15) is 0 Å². The molecule has 0 aliphatic rings. The number of thiophene rings is 1. The van der Waals surface area contributed by atoms with Crippen molar-refractivity contribution in [1.82, 2.24) is 4.98 Å². The third-order valence-electron chi connectivity index (χ3n) is 1.67. The minimum absolute atomic E-state index is 0.588. The summed E-state index contributed by atoms with van der Waals surface area (Å²) in [5.74, 6) is 0. The van der Waals surface area contributed by atoms with Gasteiger partial charge in [0.2, 0.25) is 0 Å². The van der Waals surface area contributed by atoms with E-state index in [0.717, 1.165) is 11.3 Å². The Morgan fingerprint density at radius 1 is 1.31 bits per heavy atom. The van der Waals surface area contributed by atoms with E-state index in [1.807, 2.05) is 5.38 Å². The summed E-state index contributed by atoms with van der Waals surface area (Å²) >= 11 is 3.11. The van der Waals surface area contributed by atoms with Crippen molar-refractivity contribution in [3.8, 4) is 11.3 Å². The SMILES string of the molecule is NCc1cc(-c2csc(N)n2)cs1. The van der Waals surface area contributed by atoms with Gasteiger partial charge in [-0.15, -0.1) is 22.7 Å². The van der Waals surface area contributed by atoms with Crippen LogP contribution >= 0.6 is 22.7 Å². The molecule has 2 aromatic rings. The van der Waals surface area contributed by atoms with E-state index in [4.69, 9.17) is 11.5 Å². The summed E-state index contributed by atoms with van der Waals surface area (Å²) in [6.45, 7) is 0.588. The second-order valence-electron chi connectivity index (χ2n) is 2.58. The highest BCUT2D eigenvalue weighted by Crippen LogP contribution is 2.27. The van der Waals surface area contributed by atoms with Crippen LogP contribution in [0.2, 0.25) is 0 Å². The number of rotatable bonds is 2. The molecular weight excluding hydrogens is 202 g/mol. The lowest BCUT2D eigenvalue weighted by molar-refractivity contribution is 1.11. The fourth-order valence-corrected chi connectivity index (χ4v) is 2.37. The van der Waals surface area contributed by atoms with Crippen molar-refractivity contribution in [2.24, 2.45) is 5.73 Å². The fraction of sp³-hybridized carbons (Fsp3) is 0.125. The van der Waals surface area contributed by atoms with Gasteiger partial charge in [-0.25, -0.2) is 4.98 Å². The van der Waals surface area contributed by atoms with Crippen molar-refractivity contribution in [3.63, 3.8) is 0 Å².